The number of benzene rings is 1. The van der Waals surface area contributed by atoms with Gasteiger partial charge in [-0.25, -0.2) is 10.1 Å². The van der Waals surface area contributed by atoms with Gasteiger partial charge in [0.1, 0.15) is 0 Å². The van der Waals surface area contributed by atoms with Gasteiger partial charge in [0.15, 0.2) is 0 Å². The molecule has 3 heterocycles. The van der Waals surface area contributed by atoms with Gasteiger partial charge in [-0.2, -0.15) is 11.8 Å². The molecule has 4 rings (SSSR count). The third-order valence-electron chi connectivity index (χ3n) is 6.82. The van der Waals surface area contributed by atoms with E-state index in [1.54, 1.807) is 11.8 Å². The van der Waals surface area contributed by atoms with Crippen LogP contribution in [0.25, 0.3) is 10.9 Å². The van der Waals surface area contributed by atoms with Gasteiger partial charge in [0, 0.05) is 30.3 Å². The lowest BCUT2D eigenvalue weighted by molar-refractivity contribution is 0.401. The van der Waals surface area contributed by atoms with E-state index in [9.17, 15) is 5.26 Å². The summed E-state index contributed by atoms with van der Waals surface area (Å²) in [4.78, 5) is 5.98. The van der Waals surface area contributed by atoms with Crippen molar-refractivity contribution in [3.05, 3.63) is 69.2 Å². The molecule has 154 valence electrons. The minimum atomic E-state index is 0.186. The van der Waals surface area contributed by atoms with Crippen molar-refractivity contribution in [1.29, 1.82) is 5.26 Å². The molecule has 0 N–H and O–H groups in total. The first-order valence-corrected chi connectivity index (χ1v) is 11.8. The van der Waals surface area contributed by atoms with Crippen LogP contribution in [0.4, 0.5) is 5.69 Å². The Morgan fingerprint density at radius 1 is 1.10 bits per heavy atom. The number of nitrogens with zero attached hydrogens (tertiary/aromatic N) is 3. The highest BCUT2D eigenvalue weighted by molar-refractivity contribution is 7.99. The lowest BCUT2D eigenvalue weighted by Gasteiger charge is -2.48. The Bertz CT molecular complexity index is 1000. The minimum Gasteiger partial charge on any atom is -0.371 e. The maximum absolute atomic E-state index is 9.19. The number of allylic oxidation sites excluding steroid dienone is 3. The Morgan fingerprint density at radius 2 is 1.73 bits per heavy atom. The predicted octanol–water partition coefficient (Wildman–Crippen LogP) is 6.24. The van der Waals surface area contributed by atoms with Gasteiger partial charge in [0.25, 0.3) is 5.70 Å². The second kappa shape index (κ2) is 7.68. The highest BCUT2D eigenvalue weighted by Gasteiger charge is 2.39. The van der Waals surface area contributed by atoms with Crippen LogP contribution in [0, 0.1) is 17.9 Å². The van der Waals surface area contributed by atoms with E-state index in [0.717, 1.165) is 30.2 Å². The van der Waals surface area contributed by atoms with Gasteiger partial charge in [-0.3, -0.25) is 0 Å². The van der Waals surface area contributed by atoms with Crippen molar-refractivity contribution in [3.8, 4) is 6.07 Å². The molecule has 0 aliphatic carbocycles. The third-order valence-corrected chi connectivity index (χ3v) is 7.87. The zero-order chi connectivity index (χ0) is 21.5. The molecule has 0 saturated carbocycles. The molecule has 1 aromatic carbocycles. The van der Waals surface area contributed by atoms with E-state index >= 15 is 0 Å². The zero-order valence-corrected chi connectivity index (χ0v) is 19.2. The number of thioether (sulfide) groups is 1. The molecule has 0 amide bonds. The van der Waals surface area contributed by atoms with Crippen LogP contribution >= 0.6 is 11.8 Å². The molecule has 0 bridgehead atoms. The normalized spacial score (nSPS) is 23.3. The largest absolute Gasteiger partial charge is 0.371 e. The first-order chi connectivity index (χ1) is 14.2. The van der Waals surface area contributed by atoms with Crippen molar-refractivity contribution >= 4 is 23.5 Å². The van der Waals surface area contributed by atoms with Gasteiger partial charge in [-0.1, -0.05) is 45.9 Å². The summed E-state index contributed by atoms with van der Waals surface area (Å²) < 4.78 is 0. The first-order valence-electron chi connectivity index (χ1n) is 10.7. The van der Waals surface area contributed by atoms with Crippen molar-refractivity contribution in [2.45, 2.75) is 51.4 Å². The van der Waals surface area contributed by atoms with Crippen molar-refractivity contribution in [2.24, 2.45) is 0 Å². The van der Waals surface area contributed by atoms with Gasteiger partial charge in [-0.15, -0.1) is 0 Å². The second-order valence-corrected chi connectivity index (χ2v) is 10.8. The van der Waals surface area contributed by atoms with E-state index < -0.39 is 0 Å². The lowest BCUT2D eigenvalue weighted by atomic mass is 9.69. The Labute approximate surface area is 185 Å². The fourth-order valence-electron chi connectivity index (χ4n) is 4.75. The maximum Gasteiger partial charge on any atom is 0.265 e. The van der Waals surface area contributed by atoms with E-state index in [2.05, 4.69) is 61.7 Å². The number of rotatable bonds is 2. The summed E-state index contributed by atoms with van der Waals surface area (Å²) in [5.41, 5.74) is 8.29. The fraction of sp³-hybridized carbons (Fsp3) is 0.462. The molecule has 4 heteroatoms. The van der Waals surface area contributed by atoms with Crippen molar-refractivity contribution in [3.63, 3.8) is 0 Å². The number of nitriles is 1. The molecule has 3 nitrogen and oxygen atoms in total. The van der Waals surface area contributed by atoms with Crippen LogP contribution in [-0.2, 0) is 10.8 Å². The molecule has 0 fully saturated rings. The molecule has 3 aliphatic heterocycles. The SMILES string of the molecule is [C-]#[N+]C(C#N)=C1C=C(C=Cc2cc3c4c(c2)C(C)(C)CCN4CCC3(C)C)CSC1. The summed E-state index contributed by atoms with van der Waals surface area (Å²) in [6.45, 7) is 19.0. The molecule has 0 aromatic heterocycles. The minimum absolute atomic E-state index is 0.186. The number of hydrogen-bond donors (Lipinski definition) is 0. The summed E-state index contributed by atoms with van der Waals surface area (Å²) >= 11 is 1.77. The summed E-state index contributed by atoms with van der Waals surface area (Å²) in [5, 5.41) is 9.19. The van der Waals surface area contributed by atoms with Crippen LogP contribution in [0.2, 0.25) is 0 Å². The highest BCUT2D eigenvalue weighted by atomic mass is 32.2. The Balaban J connectivity index is 1.76. The van der Waals surface area contributed by atoms with Crippen LogP contribution in [-0.4, -0.2) is 24.6 Å². The molecule has 0 radical (unpaired) electrons. The molecule has 0 atom stereocenters. The monoisotopic (exact) mass is 415 g/mol. The van der Waals surface area contributed by atoms with Crippen LogP contribution < -0.4 is 4.90 Å². The lowest BCUT2D eigenvalue weighted by Crippen LogP contribution is -2.44. The van der Waals surface area contributed by atoms with Gasteiger partial charge in [0.2, 0.25) is 0 Å². The second-order valence-electron chi connectivity index (χ2n) is 9.86. The predicted molar refractivity (Wildman–Crippen MR) is 128 cm³/mol. The van der Waals surface area contributed by atoms with Gasteiger partial charge in [0.05, 0.1) is 12.6 Å². The van der Waals surface area contributed by atoms with Gasteiger partial charge in [-0.05, 0) is 63.6 Å². The summed E-state index contributed by atoms with van der Waals surface area (Å²) in [6.07, 6.45) is 8.80. The number of anilines is 1. The molecule has 30 heavy (non-hydrogen) atoms. The molecule has 0 spiro atoms. The summed E-state index contributed by atoms with van der Waals surface area (Å²) in [6, 6.07) is 6.80. The molecular formula is C26H29N3S. The van der Waals surface area contributed by atoms with E-state index in [1.807, 2.05) is 12.1 Å². The molecule has 0 unspecified atom stereocenters. The average molecular weight is 416 g/mol. The van der Waals surface area contributed by atoms with E-state index in [-0.39, 0.29) is 16.5 Å². The Hall–Kier alpha value is -2.43. The average Bonchev–Trinajstić information content (AvgIpc) is 2.72. The quantitative estimate of drug-likeness (QED) is 0.423. The van der Waals surface area contributed by atoms with Crippen molar-refractivity contribution < 1.29 is 0 Å². The molecule has 0 saturated heterocycles. The third kappa shape index (κ3) is 3.70. The van der Waals surface area contributed by atoms with Crippen LogP contribution in [0.3, 0.4) is 0 Å². The van der Waals surface area contributed by atoms with Crippen molar-refractivity contribution in [1.82, 2.24) is 0 Å². The zero-order valence-electron chi connectivity index (χ0n) is 18.4. The van der Waals surface area contributed by atoms with E-state index in [1.165, 1.54) is 40.8 Å². The van der Waals surface area contributed by atoms with Gasteiger partial charge >= 0.3 is 0 Å². The molecule has 3 aliphatic rings. The number of hydrogen-bond acceptors (Lipinski definition) is 3. The van der Waals surface area contributed by atoms with Crippen LogP contribution in [0.5, 0.6) is 0 Å². The summed E-state index contributed by atoms with van der Waals surface area (Å²) in [7, 11) is 0. The Morgan fingerprint density at radius 3 is 2.30 bits per heavy atom. The fourth-order valence-corrected chi connectivity index (χ4v) is 5.71. The summed E-state index contributed by atoms with van der Waals surface area (Å²) in [5.74, 6) is 1.66. The molecule has 1 aromatic rings. The Kier molecular flexibility index (Phi) is 5.33. The standard InChI is InChI=1S/C26H29N3S/c1-25(2)8-10-29-11-9-26(3,4)22-14-18(13-21(25)24(22)29)6-7-19-12-20(17-30-16-19)23(15-27)28-5/h6-7,12-14H,8-11,16-17H2,1-4H3. The van der Waals surface area contributed by atoms with Crippen molar-refractivity contribution in [2.75, 3.05) is 29.5 Å². The highest BCUT2D eigenvalue weighted by Crippen LogP contribution is 2.49. The topological polar surface area (TPSA) is 31.4 Å². The first kappa shape index (κ1) is 20.8. The van der Waals surface area contributed by atoms with E-state index in [4.69, 9.17) is 6.57 Å². The maximum atomic E-state index is 9.19. The molecular weight excluding hydrogens is 386 g/mol. The smallest absolute Gasteiger partial charge is 0.265 e. The van der Waals surface area contributed by atoms with Gasteiger partial charge < -0.3 is 4.90 Å². The van der Waals surface area contributed by atoms with Crippen LogP contribution in [0.1, 0.15) is 57.2 Å². The van der Waals surface area contributed by atoms with Crippen LogP contribution in [0.15, 0.2) is 41.1 Å². The van der Waals surface area contributed by atoms with E-state index in [0.29, 0.717) is 0 Å².